The molecule has 0 unspecified atom stereocenters. The number of hydrogen-bond donors (Lipinski definition) is 1. The van der Waals surface area contributed by atoms with Crippen LogP contribution in [0.15, 0.2) is 54.6 Å². The lowest BCUT2D eigenvalue weighted by Crippen LogP contribution is -2.02. The molecule has 0 aliphatic carbocycles. The van der Waals surface area contributed by atoms with Gasteiger partial charge in [-0.3, -0.25) is 0 Å². The van der Waals surface area contributed by atoms with E-state index >= 15 is 0 Å². The molecule has 0 fully saturated rings. The number of para-hydroxylation sites is 1. The monoisotopic (exact) mass is 225 g/mol. The molecule has 2 aromatic carbocycles. The minimum Gasteiger partial charge on any atom is -0.385 e. The predicted octanol–water partition coefficient (Wildman–Crippen LogP) is 4.57. The summed E-state index contributed by atoms with van der Waals surface area (Å²) in [6, 6.07) is 19.0. The highest BCUT2D eigenvalue weighted by Crippen LogP contribution is 2.27. The normalized spacial score (nSPS) is 10.2. The van der Waals surface area contributed by atoms with Gasteiger partial charge >= 0.3 is 0 Å². The molecule has 0 aliphatic heterocycles. The van der Waals surface area contributed by atoms with Gasteiger partial charge in [0.15, 0.2) is 0 Å². The van der Waals surface area contributed by atoms with Crippen LogP contribution in [0, 0.1) is 0 Å². The first-order valence-electron chi connectivity index (χ1n) is 6.30. The van der Waals surface area contributed by atoms with Crippen LogP contribution in [-0.4, -0.2) is 6.54 Å². The Hall–Kier alpha value is -1.76. The Balaban J connectivity index is 2.22. The fourth-order valence-corrected chi connectivity index (χ4v) is 1.91. The van der Waals surface area contributed by atoms with E-state index in [1.54, 1.807) is 0 Å². The van der Waals surface area contributed by atoms with Gasteiger partial charge in [0.25, 0.3) is 0 Å². The molecule has 0 spiro atoms. The molecule has 0 heterocycles. The summed E-state index contributed by atoms with van der Waals surface area (Å²) < 4.78 is 0. The molecule has 0 saturated heterocycles. The van der Waals surface area contributed by atoms with Crippen LogP contribution in [0.2, 0.25) is 0 Å². The zero-order valence-electron chi connectivity index (χ0n) is 10.3. The SMILES string of the molecule is CCCCNc1ccccc1-c1ccccc1. The van der Waals surface area contributed by atoms with Gasteiger partial charge in [0.1, 0.15) is 0 Å². The van der Waals surface area contributed by atoms with Crippen molar-refractivity contribution < 1.29 is 0 Å². The van der Waals surface area contributed by atoms with Gasteiger partial charge < -0.3 is 5.32 Å². The van der Waals surface area contributed by atoms with Gasteiger partial charge in [-0.1, -0.05) is 61.9 Å². The van der Waals surface area contributed by atoms with Crippen molar-refractivity contribution in [2.45, 2.75) is 19.8 Å². The molecular weight excluding hydrogens is 206 g/mol. The van der Waals surface area contributed by atoms with Crippen LogP contribution >= 0.6 is 0 Å². The zero-order chi connectivity index (χ0) is 11.9. The Kier molecular flexibility index (Phi) is 4.20. The molecular formula is C16H19N. The van der Waals surface area contributed by atoms with E-state index in [2.05, 4.69) is 66.8 Å². The van der Waals surface area contributed by atoms with Crippen molar-refractivity contribution in [3.05, 3.63) is 54.6 Å². The Morgan fingerprint density at radius 3 is 2.35 bits per heavy atom. The van der Waals surface area contributed by atoms with Crippen LogP contribution in [0.3, 0.4) is 0 Å². The van der Waals surface area contributed by atoms with Gasteiger partial charge in [-0.15, -0.1) is 0 Å². The van der Waals surface area contributed by atoms with Crippen LogP contribution < -0.4 is 5.32 Å². The van der Waals surface area contributed by atoms with Crippen LogP contribution in [0.25, 0.3) is 11.1 Å². The average molecular weight is 225 g/mol. The summed E-state index contributed by atoms with van der Waals surface area (Å²) in [5.74, 6) is 0. The standard InChI is InChI=1S/C16H19N/c1-2-3-13-17-16-12-8-7-11-15(16)14-9-5-4-6-10-14/h4-12,17H,2-3,13H2,1H3. The van der Waals surface area contributed by atoms with Crippen molar-refractivity contribution in [3.8, 4) is 11.1 Å². The number of hydrogen-bond acceptors (Lipinski definition) is 1. The summed E-state index contributed by atoms with van der Waals surface area (Å²) in [6.45, 7) is 3.26. The Labute approximate surface area is 103 Å². The first-order valence-corrected chi connectivity index (χ1v) is 6.30. The van der Waals surface area contributed by atoms with E-state index in [0.717, 1.165) is 6.54 Å². The molecule has 0 aliphatic rings. The lowest BCUT2D eigenvalue weighted by molar-refractivity contribution is 0.834. The Morgan fingerprint density at radius 2 is 1.59 bits per heavy atom. The summed E-state index contributed by atoms with van der Waals surface area (Å²) in [6.07, 6.45) is 2.43. The number of rotatable bonds is 5. The lowest BCUT2D eigenvalue weighted by atomic mass is 10.0. The average Bonchev–Trinajstić information content (AvgIpc) is 2.41. The molecule has 0 aromatic heterocycles. The summed E-state index contributed by atoms with van der Waals surface area (Å²) >= 11 is 0. The maximum absolute atomic E-state index is 3.51. The number of anilines is 1. The molecule has 0 atom stereocenters. The maximum Gasteiger partial charge on any atom is 0.0419 e. The Bertz CT molecular complexity index is 448. The fraction of sp³-hybridized carbons (Fsp3) is 0.250. The molecule has 0 saturated carbocycles. The van der Waals surface area contributed by atoms with E-state index in [-0.39, 0.29) is 0 Å². The van der Waals surface area contributed by atoms with E-state index in [4.69, 9.17) is 0 Å². The summed E-state index contributed by atoms with van der Waals surface area (Å²) in [5.41, 5.74) is 3.78. The fourth-order valence-electron chi connectivity index (χ4n) is 1.91. The minimum atomic E-state index is 1.04. The smallest absolute Gasteiger partial charge is 0.0419 e. The zero-order valence-corrected chi connectivity index (χ0v) is 10.3. The third-order valence-electron chi connectivity index (χ3n) is 2.86. The molecule has 1 N–H and O–H groups in total. The van der Waals surface area contributed by atoms with Gasteiger partial charge in [0, 0.05) is 17.8 Å². The summed E-state index contributed by atoms with van der Waals surface area (Å²) in [4.78, 5) is 0. The molecule has 2 rings (SSSR count). The first-order chi connectivity index (χ1) is 8.42. The second-order valence-corrected chi connectivity index (χ2v) is 4.19. The molecule has 0 bridgehead atoms. The van der Waals surface area contributed by atoms with Crippen molar-refractivity contribution in [2.24, 2.45) is 0 Å². The molecule has 2 aromatic rings. The number of unbranched alkanes of at least 4 members (excludes halogenated alkanes) is 1. The predicted molar refractivity (Wildman–Crippen MR) is 75.3 cm³/mol. The largest absolute Gasteiger partial charge is 0.385 e. The van der Waals surface area contributed by atoms with Crippen LogP contribution in [0.5, 0.6) is 0 Å². The Morgan fingerprint density at radius 1 is 0.882 bits per heavy atom. The van der Waals surface area contributed by atoms with Gasteiger partial charge in [-0.05, 0) is 18.1 Å². The molecule has 0 radical (unpaired) electrons. The highest BCUT2D eigenvalue weighted by Gasteiger charge is 2.02. The van der Waals surface area contributed by atoms with Gasteiger partial charge in [-0.25, -0.2) is 0 Å². The van der Waals surface area contributed by atoms with Crippen LogP contribution in [0.1, 0.15) is 19.8 Å². The van der Waals surface area contributed by atoms with E-state index in [9.17, 15) is 0 Å². The first kappa shape index (κ1) is 11.7. The molecule has 1 heteroatoms. The van der Waals surface area contributed by atoms with Gasteiger partial charge in [-0.2, -0.15) is 0 Å². The minimum absolute atomic E-state index is 1.04. The highest BCUT2D eigenvalue weighted by atomic mass is 14.9. The third kappa shape index (κ3) is 3.10. The van der Waals surface area contributed by atoms with Crippen molar-refractivity contribution in [1.29, 1.82) is 0 Å². The topological polar surface area (TPSA) is 12.0 Å². The van der Waals surface area contributed by atoms with Crippen molar-refractivity contribution in [3.63, 3.8) is 0 Å². The number of nitrogens with one attached hydrogen (secondary N) is 1. The maximum atomic E-state index is 3.51. The van der Waals surface area contributed by atoms with Crippen LogP contribution in [-0.2, 0) is 0 Å². The third-order valence-corrected chi connectivity index (χ3v) is 2.86. The van der Waals surface area contributed by atoms with E-state index in [1.165, 1.54) is 29.7 Å². The molecule has 0 amide bonds. The van der Waals surface area contributed by atoms with E-state index < -0.39 is 0 Å². The molecule has 17 heavy (non-hydrogen) atoms. The lowest BCUT2D eigenvalue weighted by Gasteiger charge is -2.11. The number of benzene rings is 2. The second kappa shape index (κ2) is 6.09. The molecule has 1 nitrogen and oxygen atoms in total. The van der Waals surface area contributed by atoms with Gasteiger partial charge in [0.2, 0.25) is 0 Å². The van der Waals surface area contributed by atoms with Gasteiger partial charge in [0.05, 0.1) is 0 Å². The van der Waals surface area contributed by atoms with Crippen molar-refractivity contribution in [2.75, 3.05) is 11.9 Å². The van der Waals surface area contributed by atoms with Crippen LogP contribution in [0.4, 0.5) is 5.69 Å². The highest BCUT2D eigenvalue weighted by molar-refractivity contribution is 5.77. The quantitative estimate of drug-likeness (QED) is 0.735. The van der Waals surface area contributed by atoms with Crippen molar-refractivity contribution >= 4 is 5.69 Å². The summed E-state index contributed by atoms with van der Waals surface area (Å²) in [5, 5.41) is 3.51. The van der Waals surface area contributed by atoms with E-state index in [0.29, 0.717) is 0 Å². The second-order valence-electron chi connectivity index (χ2n) is 4.19. The van der Waals surface area contributed by atoms with Crippen molar-refractivity contribution in [1.82, 2.24) is 0 Å². The molecule has 88 valence electrons. The summed E-state index contributed by atoms with van der Waals surface area (Å²) in [7, 11) is 0. The van der Waals surface area contributed by atoms with E-state index in [1.807, 2.05) is 0 Å².